The lowest BCUT2D eigenvalue weighted by Gasteiger charge is -2.19. The van der Waals surface area contributed by atoms with Gasteiger partial charge in [-0.25, -0.2) is 4.39 Å². The Labute approximate surface area is 131 Å². The summed E-state index contributed by atoms with van der Waals surface area (Å²) in [4.78, 5) is 29.7. The van der Waals surface area contributed by atoms with Crippen LogP contribution in [0.25, 0.3) is 5.76 Å². The van der Waals surface area contributed by atoms with Gasteiger partial charge in [0.15, 0.2) is 0 Å². The number of carbonyl (C=O) groups excluding carboxylic acids is 2. The maximum absolute atomic E-state index is 13.0. The van der Waals surface area contributed by atoms with E-state index in [9.17, 15) is 19.1 Å². The van der Waals surface area contributed by atoms with Gasteiger partial charge in [0, 0.05) is 18.8 Å². The van der Waals surface area contributed by atoms with Gasteiger partial charge in [-0.15, -0.1) is 0 Å². The number of ketones is 1. The number of halogens is 1. The van der Waals surface area contributed by atoms with Crippen LogP contribution in [0.5, 0.6) is 0 Å². The van der Waals surface area contributed by atoms with Crippen LogP contribution < -0.4 is 0 Å². The Hall–Kier alpha value is -3.02. The third-order valence-electron chi connectivity index (χ3n) is 3.76. The third-order valence-corrected chi connectivity index (χ3v) is 3.76. The summed E-state index contributed by atoms with van der Waals surface area (Å²) in [5.74, 6) is -2.31. The van der Waals surface area contributed by atoms with E-state index in [0.29, 0.717) is 5.69 Å². The smallest absolute Gasteiger partial charge is 0.295 e. The molecule has 1 unspecified atom stereocenters. The molecule has 1 fully saturated rings. The first-order valence-corrected chi connectivity index (χ1v) is 6.92. The molecule has 0 aliphatic carbocycles. The van der Waals surface area contributed by atoms with Crippen LogP contribution in [0.1, 0.15) is 17.3 Å². The second-order valence-corrected chi connectivity index (χ2v) is 5.17. The highest BCUT2D eigenvalue weighted by molar-refractivity contribution is 6.46. The monoisotopic (exact) mass is 312 g/mol. The number of likely N-dealkylation sites (N-methyl/N-ethyl adjacent to an activating group) is 1. The number of rotatable bonds is 2. The van der Waals surface area contributed by atoms with Crippen LogP contribution in [0.2, 0.25) is 0 Å². The molecule has 2 heterocycles. The summed E-state index contributed by atoms with van der Waals surface area (Å²) in [5.41, 5.74) is 0.680. The molecule has 116 valence electrons. The lowest BCUT2D eigenvalue weighted by atomic mass is 9.98. The largest absolute Gasteiger partial charge is 0.507 e. The average Bonchev–Trinajstić information content (AvgIpc) is 2.80. The van der Waals surface area contributed by atoms with Gasteiger partial charge < -0.3 is 10.0 Å². The molecule has 0 bridgehead atoms. The fourth-order valence-electron chi connectivity index (χ4n) is 2.59. The fourth-order valence-corrected chi connectivity index (χ4v) is 2.59. The van der Waals surface area contributed by atoms with Crippen LogP contribution in [0, 0.1) is 5.82 Å². The van der Waals surface area contributed by atoms with Gasteiger partial charge in [-0.05, 0) is 36.4 Å². The van der Waals surface area contributed by atoms with Gasteiger partial charge in [-0.2, -0.15) is 0 Å². The number of carbonyl (C=O) groups is 2. The van der Waals surface area contributed by atoms with E-state index in [1.165, 1.54) is 36.2 Å². The van der Waals surface area contributed by atoms with Crippen LogP contribution in [-0.2, 0) is 9.59 Å². The number of pyridine rings is 1. The third kappa shape index (κ3) is 2.48. The predicted octanol–water partition coefficient (Wildman–Crippen LogP) is 2.27. The van der Waals surface area contributed by atoms with E-state index in [2.05, 4.69) is 4.98 Å². The minimum absolute atomic E-state index is 0.0530. The normalized spacial score (nSPS) is 20.1. The molecule has 1 saturated heterocycles. The SMILES string of the molecule is CN1C(=O)C(=O)/C(=C(/O)c2ccc(F)cc2)C1c1ccccn1. The highest BCUT2D eigenvalue weighted by atomic mass is 19.1. The van der Waals surface area contributed by atoms with E-state index in [1.807, 2.05) is 0 Å². The van der Waals surface area contributed by atoms with Crippen LogP contribution in [-0.4, -0.2) is 33.7 Å². The van der Waals surface area contributed by atoms with Gasteiger partial charge in [0.2, 0.25) is 0 Å². The summed E-state index contributed by atoms with van der Waals surface area (Å²) < 4.78 is 13.0. The van der Waals surface area contributed by atoms with E-state index in [-0.39, 0.29) is 16.9 Å². The lowest BCUT2D eigenvalue weighted by molar-refractivity contribution is -0.139. The molecule has 6 heteroatoms. The Morgan fingerprint density at radius 2 is 1.87 bits per heavy atom. The Balaban J connectivity index is 2.17. The van der Waals surface area contributed by atoms with Gasteiger partial charge in [0.25, 0.3) is 11.7 Å². The van der Waals surface area contributed by atoms with E-state index >= 15 is 0 Å². The summed E-state index contributed by atoms with van der Waals surface area (Å²) in [6.07, 6.45) is 1.54. The number of Topliss-reactive ketones (excluding diaryl/α,β-unsaturated/α-hetero) is 1. The van der Waals surface area contributed by atoms with Crippen molar-refractivity contribution in [3.63, 3.8) is 0 Å². The van der Waals surface area contributed by atoms with Crippen molar-refractivity contribution in [3.8, 4) is 0 Å². The summed E-state index contributed by atoms with van der Waals surface area (Å²) >= 11 is 0. The van der Waals surface area contributed by atoms with E-state index < -0.39 is 23.5 Å². The van der Waals surface area contributed by atoms with Gasteiger partial charge in [0.1, 0.15) is 17.6 Å². The molecule has 1 aliphatic rings. The van der Waals surface area contributed by atoms with Gasteiger partial charge >= 0.3 is 0 Å². The Morgan fingerprint density at radius 3 is 2.48 bits per heavy atom. The molecular formula is C17H13FN2O3. The molecule has 5 nitrogen and oxygen atoms in total. The van der Waals surface area contributed by atoms with Crippen LogP contribution in [0.3, 0.4) is 0 Å². The van der Waals surface area contributed by atoms with Crippen molar-refractivity contribution in [1.82, 2.24) is 9.88 Å². The number of hydrogen-bond acceptors (Lipinski definition) is 4. The topological polar surface area (TPSA) is 70.5 Å². The second kappa shape index (κ2) is 5.64. The van der Waals surface area contributed by atoms with Crippen molar-refractivity contribution in [2.45, 2.75) is 6.04 Å². The summed E-state index contributed by atoms with van der Waals surface area (Å²) in [6.45, 7) is 0. The molecule has 1 aromatic carbocycles. The Bertz CT molecular complexity index is 800. The number of likely N-dealkylation sites (tertiary alicyclic amines) is 1. The predicted molar refractivity (Wildman–Crippen MR) is 80.7 cm³/mol. The highest BCUT2D eigenvalue weighted by Crippen LogP contribution is 2.37. The van der Waals surface area contributed by atoms with Gasteiger partial charge in [-0.3, -0.25) is 14.6 Å². The molecule has 0 saturated carbocycles. The lowest BCUT2D eigenvalue weighted by Crippen LogP contribution is -2.25. The summed E-state index contributed by atoms with van der Waals surface area (Å²) in [6, 6.07) is 9.39. The van der Waals surface area contributed by atoms with Crippen molar-refractivity contribution >= 4 is 17.4 Å². The van der Waals surface area contributed by atoms with E-state index in [0.717, 1.165) is 0 Å². The molecule has 0 spiro atoms. The van der Waals surface area contributed by atoms with Crippen molar-refractivity contribution in [3.05, 3.63) is 71.3 Å². The number of hydrogen-bond donors (Lipinski definition) is 1. The number of nitrogens with zero attached hydrogens (tertiary/aromatic N) is 2. The molecule has 1 aromatic heterocycles. The standard InChI is InChI=1S/C17H13FN2O3/c1-20-14(12-4-2-3-9-19-12)13(16(22)17(20)23)15(21)10-5-7-11(18)8-6-10/h2-9,14,21H,1H3/b15-13+. The molecular weight excluding hydrogens is 299 g/mol. The summed E-state index contributed by atoms with van der Waals surface area (Å²) in [5, 5.41) is 10.5. The molecule has 3 rings (SSSR count). The van der Waals surface area contributed by atoms with Gasteiger partial charge in [-0.1, -0.05) is 6.07 Å². The second-order valence-electron chi connectivity index (χ2n) is 5.17. The fraction of sp³-hybridized carbons (Fsp3) is 0.118. The van der Waals surface area contributed by atoms with Crippen molar-refractivity contribution in [2.75, 3.05) is 7.05 Å². The number of aliphatic hydroxyl groups is 1. The zero-order chi connectivity index (χ0) is 16.6. The van der Waals surface area contributed by atoms with Crippen LogP contribution in [0.4, 0.5) is 4.39 Å². The molecule has 2 aromatic rings. The Morgan fingerprint density at radius 1 is 1.17 bits per heavy atom. The number of aliphatic hydroxyl groups excluding tert-OH is 1. The first-order chi connectivity index (χ1) is 11.0. The zero-order valence-corrected chi connectivity index (χ0v) is 12.2. The molecule has 1 aliphatic heterocycles. The van der Waals surface area contributed by atoms with Gasteiger partial charge in [0.05, 0.1) is 11.3 Å². The van der Waals surface area contributed by atoms with Crippen LogP contribution >= 0.6 is 0 Å². The Kier molecular flexibility index (Phi) is 3.65. The van der Waals surface area contributed by atoms with Crippen molar-refractivity contribution in [1.29, 1.82) is 0 Å². The number of amides is 1. The molecule has 1 amide bonds. The zero-order valence-electron chi connectivity index (χ0n) is 12.2. The number of benzene rings is 1. The van der Waals surface area contributed by atoms with Crippen LogP contribution in [0.15, 0.2) is 54.2 Å². The summed E-state index contributed by atoms with van der Waals surface area (Å²) in [7, 11) is 1.48. The van der Waals surface area contributed by atoms with E-state index in [1.54, 1.807) is 24.4 Å². The first kappa shape index (κ1) is 14.9. The average molecular weight is 312 g/mol. The molecule has 1 atom stereocenters. The van der Waals surface area contributed by atoms with E-state index in [4.69, 9.17) is 0 Å². The molecule has 1 N–H and O–H groups in total. The number of aromatic nitrogens is 1. The van der Waals surface area contributed by atoms with Crippen molar-refractivity contribution in [2.24, 2.45) is 0 Å². The van der Waals surface area contributed by atoms with Crippen molar-refractivity contribution < 1.29 is 19.1 Å². The highest BCUT2D eigenvalue weighted by Gasteiger charge is 2.44. The first-order valence-electron chi connectivity index (χ1n) is 6.92. The molecule has 0 radical (unpaired) electrons. The molecule has 23 heavy (non-hydrogen) atoms. The maximum Gasteiger partial charge on any atom is 0.295 e. The maximum atomic E-state index is 13.0. The minimum atomic E-state index is -0.787. The quantitative estimate of drug-likeness (QED) is 0.525. The minimum Gasteiger partial charge on any atom is -0.507 e.